The summed E-state index contributed by atoms with van der Waals surface area (Å²) in [5, 5.41) is 9.60. The van der Waals surface area contributed by atoms with Crippen LogP contribution < -0.4 is 0 Å². The quantitative estimate of drug-likeness (QED) is 0.850. The van der Waals surface area contributed by atoms with Crippen LogP contribution in [-0.2, 0) is 11.2 Å². The van der Waals surface area contributed by atoms with E-state index in [9.17, 15) is 14.3 Å². The van der Waals surface area contributed by atoms with Gasteiger partial charge in [0.05, 0.1) is 11.7 Å². The van der Waals surface area contributed by atoms with Crippen LogP contribution in [-0.4, -0.2) is 17.2 Å². The number of hydrogen-bond donors (Lipinski definition) is 1. The summed E-state index contributed by atoms with van der Waals surface area (Å²) in [7, 11) is 0. The summed E-state index contributed by atoms with van der Waals surface area (Å²) in [4.78, 5) is 12.3. The minimum Gasteiger partial charge on any atom is -0.458 e. The number of halogens is 1. The van der Waals surface area contributed by atoms with E-state index in [1.165, 1.54) is 26.2 Å². The molecule has 1 fully saturated rings. The van der Waals surface area contributed by atoms with E-state index < -0.39 is 17.9 Å². The van der Waals surface area contributed by atoms with Gasteiger partial charge in [-0.3, -0.25) is 0 Å². The maximum Gasteiger partial charge on any atom is 0.341 e. The molecule has 2 unspecified atom stereocenters. The fourth-order valence-electron chi connectivity index (χ4n) is 4.03. The van der Waals surface area contributed by atoms with Gasteiger partial charge in [-0.1, -0.05) is 38.3 Å². The van der Waals surface area contributed by atoms with Crippen LogP contribution in [0.2, 0.25) is 0 Å². The molecule has 0 saturated heterocycles. The molecule has 0 spiro atoms. The van der Waals surface area contributed by atoms with E-state index in [4.69, 9.17) is 4.74 Å². The second kappa shape index (κ2) is 6.60. The van der Waals surface area contributed by atoms with E-state index >= 15 is 0 Å². The fourth-order valence-corrected chi connectivity index (χ4v) is 4.03. The van der Waals surface area contributed by atoms with Crippen LogP contribution in [0.5, 0.6) is 0 Å². The molecule has 1 aromatic carbocycles. The number of aliphatic hydroxyl groups excluding tert-OH is 1. The van der Waals surface area contributed by atoms with Gasteiger partial charge in [-0.05, 0) is 37.2 Å². The Labute approximate surface area is 136 Å². The Kier molecular flexibility index (Phi) is 4.72. The summed E-state index contributed by atoms with van der Waals surface area (Å²) in [6.07, 6.45) is 5.28. The van der Waals surface area contributed by atoms with Crippen molar-refractivity contribution in [1.82, 2.24) is 0 Å². The fraction of sp³-hybridized carbons (Fsp3) is 0.632. The zero-order valence-electron chi connectivity index (χ0n) is 13.8. The molecule has 0 aromatic heterocycles. The second-order valence-corrected chi connectivity index (χ2v) is 7.02. The van der Waals surface area contributed by atoms with E-state index in [0.717, 1.165) is 18.8 Å². The first-order valence-corrected chi connectivity index (χ1v) is 8.71. The van der Waals surface area contributed by atoms with Crippen LogP contribution in [0, 0.1) is 17.7 Å². The molecule has 0 amide bonds. The van der Waals surface area contributed by atoms with Crippen molar-refractivity contribution in [3.05, 3.63) is 34.6 Å². The SMILES string of the molecule is CCC1CCC(C2Cc3ccc(C(C)O)c(F)c3C(=O)O2)CC1. The Bertz CT molecular complexity index is 589. The van der Waals surface area contributed by atoms with Crippen molar-refractivity contribution in [3.8, 4) is 0 Å². The standard InChI is InChI=1S/C19H25FO3/c1-3-12-4-6-13(7-5-12)16-10-14-8-9-15(11(2)21)18(20)17(14)19(22)23-16/h8-9,11-13,16,21H,3-7,10H2,1-2H3. The lowest BCUT2D eigenvalue weighted by Crippen LogP contribution is -2.36. The van der Waals surface area contributed by atoms with Crippen molar-refractivity contribution in [2.45, 2.75) is 64.6 Å². The Morgan fingerprint density at radius 1 is 1.30 bits per heavy atom. The summed E-state index contributed by atoms with van der Waals surface area (Å²) in [6.45, 7) is 3.72. The van der Waals surface area contributed by atoms with Crippen molar-refractivity contribution >= 4 is 5.97 Å². The van der Waals surface area contributed by atoms with Crippen molar-refractivity contribution in [2.75, 3.05) is 0 Å². The monoisotopic (exact) mass is 320 g/mol. The first-order chi connectivity index (χ1) is 11.0. The van der Waals surface area contributed by atoms with Gasteiger partial charge in [-0.25, -0.2) is 9.18 Å². The number of benzene rings is 1. The van der Waals surface area contributed by atoms with E-state index in [1.54, 1.807) is 12.1 Å². The maximum absolute atomic E-state index is 14.5. The third kappa shape index (κ3) is 3.14. The largest absolute Gasteiger partial charge is 0.458 e. The van der Waals surface area contributed by atoms with Crippen LogP contribution in [0.1, 0.15) is 73.5 Å². The third-order valence-corrected chi connectivity index (χ3v) is 5.59. The summed E-state index contributed by atoms with van der Waals surface area (Å²) < 4.78 is 20.0. The summed E-state index contributed by atoms with van der Waals surface area (Å²) in [5.74, 6) is -0.0252. The molecule has 3 rings (SSSR count). The summed E-state index contributed by atoms with van der Waals surface area (Å²) in [5.41, 5.74) is 0.885. The minimum absolute atomic E-state index is 0.0156. The Morgan fingerprint density at radius 3 is 2.61 bits per heavy atom. The highest BCUT2D eigenvalue weighted by molar-refractivity contribution is 5.92. The first kappa shape index (κ1) is 16.4. The lowest BCUT2D eigenvalue weighted by Gasteiger charge is -2.35. The molecule has 0 bridgehead atoms. The molecular formula is C19H25FO3. The van der Waals surface area contributed by atoms with Gasteiger partial charge < -0.3 is 9.84 Å². The van der Waals surface area contributed by atoms with Crippen LogP contribution in [0.4, 0.5) is 4.39 Å². The number of rotatable bonds is 3. The van der Waals surface area contributed by atoms with Crippen molar-refractivity contribution < 1.29 is 19.0 Å². The lowest BCUT2D eigenvalue weighted by molar-refractivity contribution is -0.000844. The van der Waals surface area contributed by atoms with Gasteiger partial charge in [0.2, 0.25) is 0 Å². The van der Waals surface area contributed by atoms with Crippen molar-refractivity contribution in [2.24, 2.45) is 11.8 Å². The molecule has 1 saturated carbocycles. The molecule has 2 atom stereocenters. The van der Waals surface area contributed by atoms with Crippen LogP contribution in [0.25, 0.3) is 0 Å². The van der Waals surface area contributed by atoms with Crippen molar-refractivity contribution in [3.63, 3.8) is 0 Å². The average Bonchev–Trinajstić information content (AvgIpc) is 2.54. The highest BCUT2D eigenvalue weighted by Crippen LogP contribution is 2.37. The molecule has 23 heavy (non-hydrogen) atoms. The number of cyclic esters (lactones) is 1. The first-order valence-electron chi connectivity index (χ1n) is 8.71. The van der Waals surface area contributed by atoms with E-state index in [2.05, 4.69) is 6.92 Å². The molecule has 1 aliphatic heterocycles. The molecule has 1 aliphatic carbocycles. The molecule has 1 heterocycles. The van der Waals surface area contributed by atoms with Crippen LogP contribution >= 0.6 is 0 Å². The molecule has 0 radical (unpaired) electrons. The topological polar surface area (TPSA) is 46.5 Å². The Morgan fingerprint density at radius 2 is 2.00 bits per heavy atom. The Hall–Kier alpha value is -1.42. The van der Waals surface area contributed by atoms with E-state index in [1.807, 2.05) is 0 Å². The molecule has 1 aromatic rings. The number of carbonyl (C=O) groups excluding carboxylic acids is 1. The normalized spacial score (nSPS) is 28.9. The predicted molar refractivity (Wildman–Crippen MR) is 85.7 cm³/mol. The lowest BCUT2D eigenvalue weighted by atomic mass is 9.76. The van der Waals surface area contributed by atoms with E-state index in [0.29, 0.717) is 17.9 Å². The zero-order valence-corrected chi connectivity index (χ0v) is 13.8. The number of fused-ring (bicyclic) bond motifs is 1. The van der Waals surface area contributed by atoms with Crippen LogP contribution in [0.15, 0.2) is 12.1 Å². The maximum atomic E-state index is 14.5. The number of aliphatic hydroxyl groups is 1. The Balaban J connectivity index is 1.79. The van der Waals surface area contributed by atoms with Crippen LogP contribution in [0.3, 0.4) is 0 Å². The zero-order chi connectivity index (χ0) is 16.6. The van der Waals surface area contributed by atoms with Gasteiger partial charge in [0.15, 0.2) is 0 Å². The predicted octanol–water partition coefficient (Wildman–Crippen LogP) is 4.18. The number of ether oxygens (including phenoxy) is 1. The summed E-state index contributed by atoms with van der Waals surface area (Å²) >= 11 is 0. The van der Waals surface area contributed by atoms with Crippen molar-refractivity contribution in [1.29, 1.82) is 0 Å². The van der Waals surface area contributed by atoms with Gasteiger partial charge in [-0.15, -0.1) is 0 Å². The second-order valence-electron chi connectivity index (χ2n) is 7.02. The van der Waals surface area contributed by atoms with Gasteiger partial charge in [0.25, 0.3) is 0 Å². The van der Waals surface area contributed by atoms with Gasteiger partial charge >= 0.3 is 5.97 Å². The minimum atomic E-state index is -0.935. The third-order valence-electron chi connectivity index (χ3n) is 5.59. The smallest absolute Gasteiger partial charge is 0.341 e. The molecule has 1 N–H and O–H groups in total. The highest BCUT2D eigenvalue weighted by Gasteiger charge is 2.36. The molecule has 2 aliphatic rings. The van der Waals surface area contributed by atoms with Gasteiger partial charge in [-0.2, -0.15) is 0 Å². The number of hydrogen-bond acceptors (Lipinski definition) is 3. The average molecular weight is 320 g/mol. The molecule has 126 valence electrons. The molecule has 3 nitrogen and oxygen atoms in total. The number of esters is 1. The molecular weight excluding hydrogens is 295 g/mol. The van der Waals surface area contributed by atoms with E-state index in [-0.39, 0.29) is 17.2 Å². The highest BCUT2D eigenvalue weighted by atomic mass is 19.1. The summed E-state index contributed by atoms with van der Waals surface area (Å²) in [6, 6.07) is 3.36. The molecule has 4 heteroatoms. The van der Waals surface area contributed by atoms with Gasteiger partial charge in [0.1, 0.15) is 11.9 Å². The van der Waals surface area contributed by atoms with Gasteiger partial charge in [0, 0.05) is 12.0 Å². The number of carbonyl (C=O) groups is 1.